The highest BCUT2D eigenvalue weighted by Crippen LogP contribution is 2.28. The Morgan fingerprint density at radius 2 is 2.07 bits per heavy atom. The van der Waals surface area contributed by atoms with E-state index in [1.54, 1.807) is 30.3 Å². The monoisotopic (exact) mass is 410 g/mol. The number of nitrogens with zero attached hydrogens (tertiary/aromatic N) is 4. The van der Waals surface area contributed by atoms with Crippen LogP contribution in [0.25, 0.3) is 0 Å². The zero-order valence-electron chi connectivity index (χ0n) is 15.9. The average molecular weight is 410 g/mol. The van der Waals surface area contributed by atoms with Gasteiger partial charge in [0, 0.05) is 19.8 Å². The molecule has 1 aliphatic heterocycles. The third kappa shape index (κ3) is 4.73. The highest BCUT2D eigenvalue weighted by Gasteiger charge is 2.35. The van der Waals surface area contributed by atoms with E-state index in [2.05, 4.69) is 25.8 Å². The second-order valence-electron chi connectivity index (χ2n) is 6.55. The lowest BCUT2D eigenvalue weighted by Crippen LogP contribution is -2.51. The van der Waals surface area contributed by atoms with Gasteiger partial charge in [-0.1, -0.05) is 0 Å². The Bertz CT molecular complexity index is 846. The maximum Gasteiger partial charge on any atom is 0.434 e. The summed E-state index contributed by atoms with van der Waals surface area (Å²) in [5, 5.41) is 0. The topological polar surface area (TPSA) is 92.3 Å². The van der Waals surface area contributed by atoms with E-state index < -0.39 is 18.0 Å². The van der Waals surface area contributed by atoms with E-state index in [9.17, 15) is 18.0 Å². The van der Waals surface area contributed by atoms with Gasteiger partial charge in [0.1, 0.15) is 6.10 Å². The Labute approximate surface area is 165 Å². The fraction of sp³-hybridized carbons (Fsp3) is 0.444. The first-order valence-corrected chi connectivity index (χ1v) is 9.06. The van der Waals surface area contributed by atoms with Gasteiger partial charge >= 0.3 is 6.18 Å². The predicted octanol–water partition coefficient (Wildman–Crippen LogP) is 2.51. The second kappa shape index (κ2) is 8.60. The SMILES string of the molecule is CNNc1ncccc1C(=O)N1CCCC(Oc2cnc(C(F)(F)F)cn2)C1C. The van der Waals surface area contributed by atoms with Gasteiger partial charge in [-0.2, -0.15) is 13.2 Å². The van der Waals surface area contributed by atoms with E-state index in [1.165, 1.54) is 0 Å². The molecule has 2 aromatic heterocycles. The Morgan fingerprint density at radius 1 is 1.28 bits per heavy atom. The summed E-state index contributed by atoms with van der Waals surface area (Å²) in [6, 6.07) is 3.03. The van der Waals surface area contributed by atoms with Crippen molar-refractivity contribution in [3.63, 3.8) is 0 Å². The Balaban J connectivity index is 1.73. The van der Waals surface area contributed by atoms with E-state index in [-0.39, 0.29) is 17.8 Å². The van der Waals surface area contributed by atoms with Gasteiger partial charge in [-0.3, -0.25) is 4.79 Å². The first-order valence-electron chi connectivity index (χ1n) is 9.06. The number of likely N-dealkylation sites (tertiary alicyclic amines) is 1. The number of hydrogen-bond acceptors (Lipinski definition) is 7. The number of carbonyl (C=O) groups excluding carboxylic acids is 1. The molecule has 2 atom stereocenters. The molecular weight excluding hydrogens is 389 g/mol. The van der Waals surface area contributed by atoms with Crippen LogP contribution in [0.4, 0.5) is 19.0 Å². The highest BCUT2D eigenvalue weighted by molar-refractivity contribution is 5.98. The number of halogens is 3. The molecule has 1 aliphatic rings. The Hall–Kier alpha value is -2.95. The van der Waals surface area contributed by atoms with E-state index in [0.29, 0.717) is 37.0 Å². The lowest BCUT2D eigenvalue weighted by atomic mass is 9.99. The molecule has 0 radical (unpaired) electrons. The average Bonchev–Trinajstić information content (AvgIpc) is 2.69. The second-order valence-corrected chi connectivity index (χ2v) is 6.55. The number of piperidine rings is 1. The number of carbonyl (C=O) groups is 1. The predicted molar refractivity (Wildman–Crippen MR) is 98.1 cm³/mol. The van der Waals surface area contributed by atoms with Crippen LogP contribution in [0.1, 0.15) is 35.8 Å². The minimum absolute atomic E-state index is 0.0111. The molecule has 0 bridgehead atoms. The van der Waals surface area contributed by atoms with Crippen molar-refractivity contribution in [3.05, 3.63) is 42.0 Å². The lowest BCUT2D eigenvalue weighted by molar-refractivity contribution is -0.141. The zero-order chi connectivity index (χ0) is 21.0. The number of hydrogen-bond donors (Lipinski definition) is 2. The van der Waals surface area contributed by atoms with Gasteiger partial charge in [0.15, 0.2) is 11.5 Å². The van der Waals surface area contributed by atoms with Gasteiger partial charge in [-0.15, -0.1) is 0 Å². The molecule has 8 nitrogen and oxygen atoms in total. The van der Waals surface area contributed by atoms with Crippen molar-refractivity contribution in [2.75, 3.05) is 19.0 Å². The van der Waals surface area contributed by atoms with Crippen LogP contribution >= 0.6 is 0 Å². The number of aromatic nitrogens is 3. The van der Waals surface area contributed by atoms with Gasteiger partial charge in [0.25, 0.3) is 5.91 Å². The molecule has 3 rings (SSSR count). The molecule has 3 heterocycles. The number of hydrazine groups is 1. The van der Waals surface area contributed by atoms with Crippen LogP contribution in [0, 0.1) is 0 Å². The number of ether oxygens (including phenoxy) is 1. The number of nitrogens with one attached hydrogen (secondary N) is 2. The standard InChI is InChI=1S/C18H21F3N6O2/c1-11-13(29-15-10-24-14(9-25-15)18(19,20)21)6-4-8-27(11)17(28)12-5-3-7-23-16(12)26-22-2/h3,5,7,9-11,13,22H,4,6,8H2,1-2H3,(H,23,26). The molecule has 1 amide bonds. The molecule has 11 heteroatoms. The van der Waals surface area contributed by atoms with E-state index in [0.717, 1.165) is 6.20 Å². The van der Waals surface area contributed by atoms with Crippen molar-refractivity contribution in [2.45, 2.75) is 38.1 Å². The quantitative estimate of drug-likeness (QED) is 0.732. The third-order valence-corrected chi connectivity index (χ3v) is 4.65. The maximum atomic E-state index is 13.1. The molecule has 29 heavy (non-hydrogen) atoms. The van der Waals surface area contributed by atoms with Gasteiger partial charge in [-0.25, -0.2) is 20.4 Å². The summed E-state index contributed by atoms with van der Waals surface area (Å²) in [5.41, 5.74) is 4.90. The molecule has 1 fully saturated rings. The summed E-state index contributed by atoms with van der Waals surface area (Å²) < 4.78 is 43.6. The normalized spacial score (nSPS) is 19.7. The van der Waals surface area contributed by atoms with Crippen LogP contribution in [0.5, 0.6) is 5.88 Å². The molecular formula is C18H21F3N6O2. The molecule has 2 aromatic rings. The van der Waals surface area contributed by atoms with Crippen LogP contribution in [-0.2, 0) is 6.18 Å². The van der Waals surface area contributed by atoms with E-state index in [1.807, 2.05) is 6.92 Å². The summed E-state index contributed by atoms with van der Waals surface area (Å²) in [6.07, 6.45) is -0.493. The van der Waals surface area contributed by atoms with Crippen molar-refractivity contribution >= 4 is 11.7 Å². The van der Waals surface area contributed by atoms with E-state index in [4.69, 9.17) is 4.74 Å². The Kier molecular flexibility index (Phi) is 6.16. The van der Waals surface area contributed by atoms with Crippen LogP contribution in [-0.4, -0.2) is 51.5 Å². The van der Waals surface area contributed by atoms with Crippen LogP contribution in [0.2, 0.25) is 0 Å². The molecule has 1 saturated heterocycles. The smallest absolute Gasteiger partial charge is 0.434 e. The van der Waals surface area contributed by atoms with Crippen molar-refractivity contribution in [2.24, 2.45) is 0 Å². The largest absolute Gasteiger partial charge is 0.471 e. The number of anilines is 1. The van der Waals surface area contributed by atoms with E-state index >= 15 is 0 Å². The van der Waals surface area contributed by atoms with Crippen molar-refractivity contribution in [1.29, 1.82) is 0 Å². The molecule has 0 aliphatic carbocycles. The third-order valence-electron chi connectivity index (χ3n) is 4.65. The fourth-order valence-corrected chi connectivity index (χ4v) is 3.18. The summed E-state index contributed by atoms with van der Waals surface area (Å²) in [5.74, 6) is 0.182. The summed E-state index contributed by atoms with van der Waals surface area (Å²) in [4.78, 5) is 26.0. The summed E-state index contributed by atoms with van der Waals surface area (Å²) >= 11 is 0. The summed E-state index contributed by atoms with van der Waals surface area (Å²) in [6.45, 7) is 2.37. The first-order chi connectivity index (χ1) is 13.8. The number of amides is 1. The van der Waals surface area contributed by atoms with Crippen LogP contribution < -0.4 is 15.6 Å². The molecule has 2 N–H and O–H groups in total. The minimum Gasteiger partial charge on any atom is -0.471 e. The fourth-order valence-electron chi connectivity index (χ4n) is 3.18. The van der Waals surface area contributed by atoms with Crippen molar-refractivity contribution in [3.8, 4) is 5.88 Å². The van der Waals surface area contributed by atoms with Crippen LogP contribution in [0.3, 0.4) is 0 Å². The molecule has 2 unspecified atom stereocenters. The maximum absolute atomic E-state index is 13.1. The Morgan fingerprint density at radius 3 is 2.72 bits per heavy atom. The van der Waals surface area contributed by atoms with Gasteiger partial charge in [-0.05, 0) is 31.9 Å². The van der Waals surface area contributed by atoms with Crippen molar-refractivity contribution in [1.82, 2.24) is 25.3 Å². The number of alkyl halides is 3. The number of pyridine rings is 1. The molecule has 0 aromatic carbocycles. The lowest BCUT2D eigenvalue weighted by Gasteiger charge is -2.39. The minimum atomic E-state index is -4.56. The molecule has 0 spiro atoms. The van der Waals surface area contributed by atoms with Gasteiger partial charge in [0.05, 0.1) is 24.0 Å². The highest BCUT2D eigenvalue weighted by atomic mass is 19.4. The number of rotatable bonds is 5. The zero-order valence-corrected chi connectivity index (χ0v) is 15.9. The van der Waals surface area contributed by atoms with Gasteiger partial charge < -0.3 is 15.1 Å². The first kappa shape index (κ1) is 20.8. The molecule has 0 saturated carbocycles. The van der Waals surface area contributed by atoms with Gasteiger partial charge in [0.2, 0.25) is 5.88 Å². The molecule has 156 valence electrons. The summed E-state index contributed by atoms with van der Waals surface area (Å²) in [7, 11) is 1.67. The van der Waals surface area contributed by atoms with Crippen LogP contribution in [0.15, 0.2) is 30.7 Å². The van der Waals surface area contributed by atoms with Crippen molar-refractivity contribution < 1.29 is 22.7 Å².